The molecule has 4 nitrogen and oxygen atoms in total. The van der Waals surface area contributed by atoms with Gasteiger partial charge in [0.05, 0.1) is 23.0 Å². The lowest BCUT2D eigenvalue weighted by Gasteiger charge is -2.40. The average Bonchev–Trinajstić information content (AvgIpc) is 2.97. The van der Waals surface area contributed by atoms with Gasteiger partial charge in [-0.15, -0.1) is 0 Å². The first-order chi connectivity index (χ1) is 13.4. The quantitative estimate of drug-likeness (QED) is 0.719. The molecule has 0 unspecified atom stereocenters. The van der Waals surface area contributed by atoms with Crippen molar-refractivity contribution in [3.8, 4) is 17.3 Å². The summed E-state index contributed by atoms with van der Waals surface area (Å²) in [6.07, 6.45) is 0. The van der Waals surface area contributed by atoms with Crippen molar-refractivity contribution in [2.45, 2.75) is 40.2 Å². The molecule has 0 spiro atoms. The molecule has 1 saturated heterocycles. The van der Waals surface area contributed by atoms with Crippen molar-refractivity contribution in [2.75, 3.05) is 13.1 Å². The van der Waals surface area contributed by atoms with E-state index in [1.165, 1.54) is 27.8 Å². The van der Waals surface area contributed by atoms with Crippen LogP contribution in [0.3, 0.4) is 0 Å². The number of aryl methyl sites for hydroxylation is 4. The zero-order valence-electron chi connectivity index (χ0n) is 17.0. The first-order valence-electron chi connectivity index (χ1n) is 9.80. The highest BCUT2D eigenvalue weighted by molar-refractivity contribution is 5.67. The molecule has 1 N–H and O–H groups in total. The molecular weight excluding hydrogens is 344 g/mol. The third-order valence-electron chi connectivity index (χ3n) is 5.82. The van der Waals surface area contributed by atoms with Crippen LogP contribution in [0.5, 0.6) is 0 Å². The highest BCUT2D eigenvalue weighted by Crippen LogP contribution is 2.32. The van der Waals surface area contributed by atoms with Crippen LogP contribution in [0.25, 0.3) is 11.3 Å². The predicted molar refractivity (Wildman–Crippen MR) is 112 cm³/mol. The van der Waals surface area contributed by atoms with Crippen LogP contribution in [-0.2, 0) is 6.54 Å². The van der Waals surface area contributed by atoms with E-state index in [-0.39, 0.29) is 0 Å². The number of aromatic amines is 1. The molecule has 1 aliphatic heterocycles. The molecule has 0 radical (unpaired) electrons. The number of nitrogens with one attached hydrogen (secondary N) is 1. The number of benzene rings is 2. The molecule has 0 bridgehead atoms. The molecule has 1 aliphatic rings. The summed E-state index contributed by atoms with van der Waals surface area (Å²) >= 11 is 0. The Morgan fingerprint density at radius 3 is 2.39 bits per heavy atom. The summed E-state index contributed by atoms with van der Waals surface area (Å²) in [4.78, 5) is 10.5. The number of nitrogens with zero attached hydrogens (tertiary/aromatic N) is 3. The van der Waals surface area contributed by atoms with Gasteiger partial charge in [0.15, 0.2) is 0 Å². The maximum Gasteiger partial charge on any atom is 0.103 e. The van der Waals surface area contributed by atoms with Gasteiger partial charge < -0.3 is 4.98 Å². The SMILES string of the molecule is Cc1nc(C)c(-c2cc(CN3CC(c4ccc(C#N)cc4)C3)c(C)cc2C)[nH]1. The molecule has 3 aromatic rings. The van der Waals surface area contributed by atoms with Crippen LogP contribution in [0, 0.1) is 39.0 Å². The molecule has 1 fully saturated rings. The third kappa shape index (κ3) is 3.46. The number of nitriles is 1. The van der Waals surface area contributed by atoms with Gasteiger partial charge in [0, 0.05) is 31.1 Å². The second kappa shape index (κ2) is 7.26. The van der Waals surface area contributed by atoms with Crippen molar-refractivity contribution >= 4 is 0 Å². The summed E-state index contributed by atoms with van der Waals surface area (Å²) < 4.78 is 0. The topological polar surface area (TPSA) is 55.7 Å². The van der Waals surface area contributed by atoms with Gasteiger partial charge in [0.1, 0.15) is 5.82 Å². The molecule has 142 valence electrons. The van der Waals surface area contributed by atoms with Crippen LogP contribution in [0.1, 0.15) is 45.3 Å². The van der Waals surface area contributed by atoms with Gasteiger partial charge in [-0.25, -0.2) is 4.98 Å². The molecule has 2 heterocycles. The van der Waals surface area contributed by atoms with Crippen LogP contribution in [-0.4, -0.2) is 28.0 Å². The van der Waals surface area contributed by atoms with Gasteiger partial charge in [-0.05, 0) is 68.1 Å². The van der Waals surface area contributed by atoms with Crippen LogP contribution in [0.2, 0.25) is 0 Å². The zero-order valence-corrected chi connectivity index (χ0v) is 17.0. The molecule has 0 atom stereocenters. The lowest BCUT2D eigenvalue weighted by Crippen LogP contribution is -2.44. The lowest BCUT2D eigenvalue weighted by molar-refractivity contribution is 0.139. The van der Waals surface area contributed by atoms with E-state index in [1.807, 2.05) is 19.1 Å². The van der Waals surface area contributed by atoms with Gasteiger partial charge in [-0.1, -0.05) is 18.2 Å². The van der Waals surface area contributed by atoms with Gasteiger partial charge in [0.2, 0.25) is 0 Å². The molecule has 28 heavy (non-hydrogen) atoms. The Hall–Kier alpha value is -2.90. The molecule has 1 aromatic heterocycles. The minimum atomic E-state index is 0.565. The third-order valence-corrected chi connectivity index (χ3v) is 5.82. The van der Waals surface area contributed by atoms with Crippen molar-refractivity contribution in [3.63, 3.8) is 0 Å². The van der Waals surface area contributed by atoms with E-state index < -0.39 is 0 Å². The first kappa shape index (κ1) is 18.5. The fraction of sp³-hybridized carbons (Fsp3) is 0.333. The second-order valence-electron chi connectivity index (χ2n) is 8.00. The van der Waals surface area contributed by atoms with Gasteiger partial charge in [0.25, 0.3) is 0 Å². The molecular formula is C24H26N4. The minimum absolute atomic E-state index is 0.565. The minimum Gasteiger partial charge on any atom is -0.342 e. The number of hydrogen-bond acceptors (Lipinski definition) is 3. The van der Waals surface area contributed by atoms with Crippen LogP contribution < -0.4 is 0 Å². The number of imidazole rings is 1. The summed E-state index contributed by atoms with van der Waals surface area (Å²) in [5, 5.41) is 8.95. The summed E-state index contributed by atoms with van der Waals surface area (Å²) in [7, 11) is 0. The lowest BCUT2D eigenvalue weighted by atomic mass is 9.89. The first-order valence-corrected chi connectivity index (χ1v) is 9.80. The summed E-state index contributed by atoms with van der Waals surface area (Å²) in [6.45, 7) is 11.5. The molecule has 2 aromatic carbocycles. The van der Waals surface area contributed by atoms with Crippen LogP contribution in [0.15, 0.2) is 36.4 Å². The maximum absolute atomic E-state index is 8.95. The van der Waals surface area contributed by atoms with Crippen molar-refractivity contribution in [2.24, 2.45) is 0 Å². The molecule has 4 rings (SSSR count). The van der Waals surface area contributed by atoms with E-state index in [1.54, 1.807) is 0 Å². The Morgan fingerprint density at radius 2 is 1.79 bits per heavy atom. The smallest absolute Gasteiger partial charge is 0.103 e. The highest BCUT2D eigenvalue weighted by atomic mass is 15.2. The number of likely N-dealkylation sites (tertiary alicyclic amines) is 1. The standard InChI is InChI=1S/C24H26N4/c1-15-9-16(2)23(24-17(3)26-18(4)27-24)10-21(15)12-28-13-22(14-28)20-7-5-19(11-25)6-8-20/h5-10,22H,12-14H2,1-4H3,(H,26,27). The van der Waals surface area contributed by atoms with E-state index in [9.17, 15) is 0 Å². The van der Waals surface area contributed by atoms with E-state index >= 15 is 0 Å². The monoisotopic (exact) mass is 370 g/mol. The van der Waals surface area contributed by atoms with Crippen molar-refractivity contribution in [1.82, 2.24) is 14.9 Å². The highest BCUT2D eigenvalue weighted by Gasteiger charge is 2.28. The van der Waals surface area contributed by atoms with Gasteiger partial charge >= 0.3 is 0 Å². The second-order valence-corrected chi connectivity index (χ2v) is 8.00. The molecule has 0 amide bonds. The summed E-state index contributed by atoms with van der Waals surface area (Å²) in [5.74, 6) is 1.53. The van der Waals surface area contributed by atoms with Crippen molar-refractivity contribution in [3.05, 3.63) is 75.7 Å². The number of rotatable bonds is 4. The Morgan fingerprint density at radius 1 is 1.07 bits per heavy atom. The van der Waals surface area contributed by atoms with E-state index in [0.29, 0.717) is 5.92 Å². The average molecular weight is 371 g/mol. The van der Waals surface area contributed by atoms with E-state index in [2.05, 4.69) is 66.0 Å². The Labute approximate surface area is 166 Å². The molecule has 0 saturated carbocycles. The number of aromatic nitrogens is 2. The van der Waals surface area contributed by atoms with Crippen molar-refractivity contribution in [1.29, 1.82) is 5.26 Å². The van der Waals surface area contributed by atoms with Crippen LogP contribution >= 0.6 is 0 Å². The Bertz CT molecular complexity index is 1050. The summed E-state index contributed by atoms with van der Waals surface area (Å²) in [6, 6.07) is 14.8. The number of hydrogen-bond donors (Lipinski definition) is 1. The fourth-order valence-electron chi connectivity index (χ4n) is 4.19. The fourth-order valence-corrected chi connectivity index (χ4v) is 4.19. The van der Waals surface area contributed by atoms with Crippen LogP contribution in [0.4, 0.5) is 0 Å². The molecule has 4 heteroatoms. The van der Waals surface area contributed by atoms with Gasteiger partial charge in [-0.3, -0.25) is 4.90 Å². The van der Waals surface area contributed by atoms with E-state index in [4.69, 9.17) is 5.26 Å². The summed E-state index contributed by atoms with van der Waals surface area (Å²) in [5.41, 5.74) is 9.51. The molecule has 0 aliphatic carbocycles. The van der Waals surface area contributed by atoms with Crippen molar-refractivity contribution < 1.29 is 0 Å². The largest absolute Gasteiger partial charge is 0.342 e. The maximum atomic E-state index is 8.95. The Kier molecular flexibility index (Phi) is 4.78. The number of H-pyrrole nitrogens is 1. The normalized spacial score (nSPS) is 14.7. The Balaban J connectivity index is 1.49. The zero-order chi connectivity index (χ0) is 19.8. The predicted octanol–water partition coefficient (Wildman–Crippen LogP) is 4.78. The van der Waals surface area contributed by atoms with Gasteiger partial charge in [-0.2, -0.15) is 5.26 Å². The van der Waals surface area contributed by atoms with E-state index in [0.717, 1.165) is 42.4 Å².